The summed E-state index contributed by atoms with van der Waals surface area (Å²) in [5.41, 5.74) is 6.85. The molecule has 0 radical (unpaired) electrons. The number of carbonyl (C=O) groups is 1. The molecule has 0 bridgehead atoms. The van der Waals surface area contributed by atoms with E-state index in [1.54, 1.807) is 26.0 Å². The molecule has 0 amide bonds. The molecule has 0 spiro atoms. The maximum absolute atomic E-state index is 11.5. The van der Waals surface area contributed by atoms with Gasteiger partial charge in [0.25, 0.3) is 10.1 Å². The minimum Gasteiger partial charge on any atom is -0.461 e. The predicted octanol–water partition coefficient (Wildman–Crippen LogP) is -1.43. The van der Waals surface area contributed by atoms with Crippen molar-refractivity contribution >= 4 is 35.1 Å². The summed E-state index contributed by atoms with van der Waals surface area (Å²) in [6, 6.07) is 4.85. The van der Waals surface area contributed by atoms with Crippen LogP contribution >= 0.6 is 0 Å². The van der Waals surface area contributed by atoms with Crippen molar-refractivity contribution in [2.24, 2.45) is 0 Å². The number of anilines is 1. The first kappa shape index (κ1) is 13.5. The monoisotopic (exact) mass is 257 g/mol. The third-order valence-electron chi connectivity index (χ3n) is 2.00. The normalized spacial score (nSPS) is 11.1. The molecule has 1 rings (SSSR count). The maximum atomic E-state index is 11.5. The van der Waals surface area contributed by atoms with Gasteiger partial charge in [0.1, 0.15) is 20.2 Å². The van der Waals surface area contributed by atoms with E-state index in [2.05, 4.69) is 4.74 Å². The Morgan fingerprint density at radius 2 is 2.12 bits per heavy atom. The molecule has 0 aromatic heterocycles. The number of rotatable bonds is 4. The van der Waals surface area contributed by atoms with Crippen molar-refractivity contribution in [1.82, 2.24) is 0 Å². The van der Waals surface area contributed by atoms with Gasteiger partial charge in [0.15, 0.2) is 0 Å². The van der Waals surface area contributed by atoms with Crippen molar-refractivity contribution < 1.29 is 22.5 Å². The number of hydrogen-bond donors (Lipinski definition) is 2. The van der Waals surface area contributed by atoms with Gasteiger partial charge in [-0.1, -0.05) is 17.6 Å². The first-order chi connectivity index (χ1) is 7.79. The Hall–Kier alpha value is -1.54. The molecule has 0 saturated carbocycles. The van der Waals surface area contributed by atoms with Gasteiger partial charge in [-0.3, -0.25) is 4.55 Å². The molecule has 17 heavy (non-hydrogen) atoms. The van der Waals surface area contributed by atoms with E-state index in [0.717, 1.165) is 5.46 Å². The van der Waals surface area contributed by atoms with Crippen molar-refractivity contribution in [2.45, 2.75) is 0 Å². The molecular weight excluding hydrogens is 245 g/mol. The summed E-state index contributed by atoms with van der Waals surface area (Å²) < 4.78 is 34.0. The fraction of sp³-hybridized carbons (Fsp3) is 0.222. The number of nitrogen functional groups attached to an aromatic ring is 1. The van der Waals surface area contributed by atoms with Crippen LogP contribution in [0.3, 0.4) is 0 Å². The molecule has 0 atom stereocenters. The highest BCUT2D eigenvalue weighted by Gasteiger charge is 2.13. The molecule has 1 aromatic rings. The van der Waals surface area contributed by atoms with E-state index in [-0.39, 0.29) is 11.3 Å². The molecule has 0 aliphatic carbocycles. The maximum Gasteiger partial charge on any atom is 0.340 e. The number of hydrogen-bond acceptors (Lipinski definition) is 5. The van der Waals surface area contributed by atoms with Gasteiger partial charge in [0.05, 0.1) is 5.56 Å². The fourth-order valence-corrected chi connectivity index (χ4v) is 1.46. The fourth-order valence-electron chi connectivity index (χ4n) is 1.16. The Morgan fingerprint density at radius 3 is 2.71 bits per heavy atom. The lowest BCUT2D eigenvalue weighted by Gasteiger charge is -2.07. The molecular formula is C9H12BNO5S. The standard InChI is InChI=1S/C9H12BNO5S/c10-6-1-2-8(11)7(5-6)9(12)16-3-4-17(13,14)15/h1-2,5H,3-4,10-11H2,(H,13,14,15). The van der Waals surface area contributed by atoms with E-state index in [9.17, 15) is 13.2 Å². The van der Waals surface area contributed by atoms with E-state index in [4.69, 9.17) is 10.3 Å². The number of nitrogens with two attached hydrogens (primary N) is 1. The van der Waals surface area contributed by atoms with Gasteiger partial charge in [-0.2, -0.15) is 8.42 Å². The van der Waals surface area contributed by atoms with E-state index >= 15 is 0 Å². The van der Waals surface area contributed by atoms with Crippen LogP contribution in [0.1, 0.15) is 10.4 Å². The Bertz CT molecular complexity index is 528. The first-order valence-corrected chi connectivity index (χ1v) is 6.39. The number of esters is 1. The zero-order valence-electron chi connectivity index (χ0n) is 9.21. The van der Waals surface area contributed by atoms with Crippen LogP contribution in [0.4, 0.5) is 5.69 Å². The van der Waals surface area contributed by atoms with Gasteiger partial charge in [-0.05, 0) is 6.07 Å². The van der Waals surface area contributed by atoms with E-state index < -0.39 is 28.4 Å². The molecule has 0 aliphatic rings. The average molecular weight is 257 g/mol. The van der Waals surface area contributed by atoms with Gasteiger partial charge in [-0.25, -0.2) is 4.79 Å². The molecule has 0 aliphatic heterocycles. The minimum absolute atomic E-state index is 0.181. The molecule has 92 valence electrons. The molecule has 8 heteroatoms. The van der Waals surface area contributed by atoms with Crippen LogP contribution in [0.15, 0.2) is 18.2 Å². The zero-order valence-corrected chi connectivity index (χ0v) is 10.0. The van der Waals surface area contributed by atoms with Crippen LogP contribution in [0, 0.1) is 0 Å². The molecule has 1 aromatic carbocycles. The highest BCUT2D eigenvalue weighted by molar-refractivity contribution is 7.85. The SMILES string of the molecule is Bc1ccc(N)c(C(=O)OCCS(=O)(=O)O)c1. The van der Waals surface area contributed by atoms with Crippen LogP contribution in [0.25, 0.3) is 0 Å². The summed E-state index contributed by atoms with van der Waals surface area (Å²) >= 11 is 0. The molecule has 3 N–H and O–H groups in total. The summed E-state index contributed by atoms with van der Waals surface area (Å²) in [7, 11) is -2.34. The van der Waals surface area contributed by atoms with Crippen molar-refractivity contribution in [3.8, 4) is 0 Å². The highest BCUT2D eigenvalue weighted by atomic mass is 32.2. The van der Waals surface area contributed by atoms with Gasteiger partial charge in [-0.15, -0.1) is 0 Å². The Morgan fingerprint density at radius 1 is 1.47 bits per heavy atom. The number of carbonyl (C=O) groups excluding carboxylic acids is 1. The summed E-state index contributed by atoms with van der Waals surface area (Å²) in [5, 5.41) is 0. The largest absolute Gasteiger partial charge is 0.461 e. The third-order valence-corrected chi connectivity index (χ3v) is 2.69. The van der Waals surface area contributed by atoms with Crippen LogP contribution in [0.2, 0.25) is 0 Å². The van der Waals surface area contributed by atoms with Crippen LogP contribution in [-0.4, -0.2) is 39.1 Å². The van der Waals surface area contributed by atoms with Crippen molar-refractivity contribution in [1.29, 1.82) is 0 Å². The average Bonchev–Trinajstić information content (AvgIpc) is 2.19. The number of benzene rings is 1. The third kappa shape index (κ3) is 4.45. The van der Waals surface area contributed by atoms with E-state index in [0.29, 0.717) is 0 Å². The lowest BCUT2D eigenvalue weighted by molar-refractivity contribution is 0.0529. The second kappa shape index (κ2) is 5.20. The predicted molar refractivity (Wildman–Crippen MR) is 65.7 cm³/mol. The smallest absolute Gasteiger partial charge is 0.340 e. The van der Waals surface area contributed by atoms with Crippen LogP contribution in [-0.2, 0) is 14.9 Å². The van der Waals surface area contributed by atoms with Crippen molar-refractivity contribution in [2.75, 3.05) is 18.1 Å². The van der Waals surface area contributed by atoms with Crippen molar-refractivity contribution in [3.63, 3.8) is 0 Å². The second-order valence-corrected chi connectivity index (χ2v) is 5.08. The summed E-state index contributed by atoms with van der Waals surface area (Å²) in [4.78, 5) is 11.5. The zero-order chi connectivity index (χ0) is 13.1. The molecule has 0 unspecified atom stereocenters. The van der Waals surface area contributed by atoms with Gasteiger partial charge in [0, 0.05) is 5.69 Å². The highest BCUT2D eigenvalue weighted by Crippen LogP contribution is 2.10. The van der Waals surface area contributed by atoms with Gasteiger partial charge in [0.2, 0.25) is 0 Å². The van der Waals surface area contributed by atoms with E-state index in [1.807, 2.05) is 0 Å². The summed E-state index contributed by atoms with van der Waals surface area (Å²) in [6.07, 6.45) is 0. The summed E-state index contributed by atoms with van der Waals surface area (Å²) in [5.74, 6) is -1.35. The molecule has 0 heterocycles. The molecule has 6 nitrogen and oxygen atoms in total. The van der Waals surface area contributed by atoms with Crippen LogP contribution < -0.4 is 11.2 Å². The Kier molecular flexibility index (Phi) is 4.14. The second-order valence-electron chi connectivity index (χ2n) is 3.51. The minimum atomic E-state index is -4.13. The topological polar surface area (TPSA) is 107 Å². The quantitative estimate of drug-likeness (QED) is 0.296. The molecule has 0 saturated heterocycles. The Labute approximate surface area is 99.9 Å². The van der Waals surface area contributed by atoms with Crippen molar-refractivity contribution in [3.05, 3.63) is 23.8 Å². The number of ether oxygens (including phenoxy) is 1. The lowest BCUT2D eigenvalue weighted by atomic mass is 9.94. The van der Waals surface area contributed by atoms with Crippen LogP contribution in [0.5, 0.6) is 0 Å². The van der Waals surface area contributed by atoms with Gasteiger partial charge >= 0.3 is 5.97 Å². The first-order valence-electron chi connectivity index (χ1n) is 4.78. The van der Waals surface area contributed by atoms with Gasteiger partial charge < -0.3 is 10.5 Å². The molecule has 0 fully saturated rings. The summed E-state index contributed by atoms with van der Waals surface area (Å²) in [6.45, 7) is -0.412. The lowest BCUT2D eigenvalue weighted by Crippen LogP contribution is -2.17. The Balaban J connectivity index is 2.67. The van der Waals surface area contributed by atoms with E-state index in [1.165, 1.54) is 0 Å².